The summed E-state index contributed by atoms with van der Waals surface area (Å²) >= 11 is 5.60. The molecule has 0 aliphatic heterocycles. The number of rotatable bonds is 4. The quantitative estimate of drug-likeness (QED) is 0.666. The van der Waals surface area contributed by atoms with Crippen LogP contribution in [0.5, 0.6) is 0 Å². The molecule has 2 rings (SSSR count). The van der Waals surface area contributed by atoms with E-state index in [0.717, 1.165) is 16.9 Å². The first kappa shape index (κ1) is 15.4. The third kappa shape index (κ3) is 3.35. The minimum atomic E-state index is -4.31. The van der Waals surface area contributed by atoms with Gasteiger partial charge in [-0.3, -0.25) is 0 Å². The molecule has 1 heterocycles. The molecule has 0 spiro atoms. The standard InChI is InChI=1S/C10H8ClFN4O4S/c11-7-2-1-6(8(12)3-7)4-15-5-9(21(13,19)20)10(14-15)16(17)18/h1-3,5H,4H2,(H2,13,19,20). The average Bonchev–Trinajstić information content (AvgIpc) is 2.77. The van der Waals surface area contributed by atoms with Crippen LogP contribution < -0.4 is 5.14 Å². The van der Waals surface area contributed by atoms with Crippen LogP contribution in [0.1, 0.15) is 5.56 Å². The molecule has 0 bridgehead atoms. The van der Waals surface area contributed by atoms with E-state index in [1.165, 1.54) is 12.1 Å². The maximum atomic E-state index is 13.6. The van der Waals surface area contributed by atoms with E-state index in [4.69, 9.17) is 16.7 Å². The van der Waals surface area contributed by atoms with Crippen LogP contribution in [0.3, 0.4) is 0 Å². The number of nitro groups is 1. The summed E-state index contributed by atoms with van der Waals surface area (Å²) in [6, 6.07) is 3.86. The first-order valence-corrected chi connectivity index (χ1v) is 7.29. The molecule has 0 fully saturated rings. The van der Waals surface area contributed by atoms with Crippen molar-refractivity contribution in [3.05, 3.63) is 50.9 Å². The first-order valence-electron chi connectivity index (χ1n) is 5.37. The summed E-state index contributed by atoms with van der Waals surface area (Å²) in [4.78, 5) is 9.05. The number of sulfonamides is 1. The van der Waals surface area contributed by atoms with E-state index in [1.54, 1.807) is 0 Å². The SMILES string of the molecule is NS(=O)(=O)c1cn(Cc2ccc(Cl)cc2F)nc1[N+](=O)[O-]. The Labute approximate surface area is 123 Å². The van der Waals surface area contributed by atoms with E-state index in [2.05, 4.69) is 5.10 Å². The number of primary sulfonamides is 1. The van der Waals surface area contributed by atoms with Gasteiger partial charge in [-0.1, -0.05) is 17.7 Å². The van der Waals surface area contributed by atoms with Crippen molar-refractivity contribution in [2.24, 2.45) is 5.14 Å². The normalized spacial score (nSPS) is 11.6. The van der Waals surface area contributed by atoms with Crippen molar-refractivity contribution in [1.29, 1.82) is 0 Å². The van der Waals surface area contributed by atoms with E-state index in [9.17, 15) is 22.9 Å². The van der Waals surface area contributed by atoms with Crippen molar-refractivity contribution < 1.29 is 17.7 Å². The summed E-state index contributed by atoms with van der Waals surface area (Å²) in [7, 11) is -4.31. The summed E-state index contributed by atoms with van der Waals surface area (Å²) < 4.78 is 37.1. The highest BCUT2D eigenvalue weighted by atomic mass is 35.5. The highest BCUT2D eigenvalue weighted by Gasteiger charge is 2.29. The molecular formula is C10H8ClFN4O4S. The summed E-state index contributed by atoms with van der Waals surface area (Å²) in [5.41, 5.74) is 0.137. The molecule has 2 aromatic rings. The molecule has 0 atom stereocenters. The summed E-state index contributed by atoms with van der Waals surface area (Å²) in [5, 5.41) is 19.3. The van der Waals surface area contributed by atoms with Gasteiger partial charge in [-0.05, 0) is 17.1 Å². The van der Waals surface area contributed by atoms with E-state index in [1.807, 2.05) is 0 Å². The fourth-order valence-corrected chi connectivity index (χ4v) is 2.42. The van der Waals surface area contributed by atoms with Crippen LogP contribution in [0.4, 0.5) is 10.2 Å². The molecule has 0 saturated carbocycles. The molecule has 0 aliphatic carbocycles. The second kappa shape index (κ2) is 5.39. The van der Waals surface area contributed by atoms with Crippen LogP contribution in [0.15, 0.2) is 29.3 Å². The number of aromatic nitrogens is 2. The summed E-state index contributed by atoms with van der Waals surface area (Å²) in [6.07, 6.45) is 0.877. The van der Waals surface area contributed by atoms with Crippen molar-refractivity contribution >= 4 is 27.4 Å². The molecule has 0 amide bonds. The Bertz CT molecular complexity index is 820. The van der Waals surface area contributed by atoms with Crippen molar-refractivity contribution in [3.63, 3.8) is 0 Å². The van der Waals surface area contributed by atoms with Crippen LogP contribution in [0.25, 0.3) is 0 Å². The minimum Gasteiger partial charge on any atom is -0.358 e. The second-order valence-corrected chi connectivity index (χ2v) is 6.02. The minimum absolute atomic E-state index is 0.137. The number of benzene rings is 1. The molecule has 0 aliphatic rings. The Kier molecular flexibility index (Phi) is 3.94. The van der Waals surface area contributed by atoms with Crippen LogP contribution in [-0.4, -0.2) is 23.1 Å². The lowest BCUT2D eigenvalue weighted by Gasteiger charge is -2.01. The Morgan fingerprint density at radius 2 is 2.14 bits per heavy atom. The first-order chi connectivity index (χ1) is 9.68. The van der Waals surface area contributed by atoms with E-state index in [-0.39, 0.29) is 17.1 Å². The van der Waals surface area contributed by atoms with Crippen molar-refractivity contribution in [3.8, 4) is 0 Å². The van der Waals surface area contributed by atoms with Gasteiger partial charge in [0, 0.05) is 10.6 Å². The van der Waals surface area contributed by atoms with Crippen molar-refractivity contribution in [2.75, 3.05) is 0 Å². The molecule has 2 N–H and O–H groups in total. The van der Waals surface area contributed by atoms with Crippen LogP contribution in [-0.2, 0) is 16.6 Å². The zero-order chi connectivity index (χ0) is 15.8. The van der Waals surface area contributed by atoms with Gasteiger partial charge < -0.3 is 10.1 Å². The van der Waals surface area contributed by atoms with Crippen LogP contribution in [0.2, 0.25) is 5.02 Å². The number of nitrogens with two attached hydrogens (primary N) is 1. The Hall–Kier alpha value is -2.04. The average molecular weight is 335 g/mol. The largest absolute Gasteiger partial charge is 0.410 e. The fourth-order valence-electron chi connectivity index (χ4n) is 1.63. The zero-order valence-electron chi connectivity index (χ0n) is 10.2. The van der Waals surface area contributed by atoms with Crippen molar-refractivity contribution in [2.45, 2.75) is 11.4 Å². The highest BCUT2D eigenvalue weighted by molar-refractivity contribution is 7.89. The Balaban J connectivity index is 2.44. The van der Waals surface area contributed by atoms with Gasteiger partial charge in [0.25, 0.3) is 0 Å². The Morgan fingerprint density at radius 3 is 2.62 bits per heavy atom. The molecule has 0 radical (unpaired) electrons. The topological polar surface area (TPSA) is 121 Å². The predicted octanol–water partition coefficient (Wildman–Crippen LogP) is 1.28. The van der Waals surface area contributed by atoms with Gasteiger partial charge in [0.2, 0.25) is 14.9 Å². The molecule has 21 heavy (non-hydrogen) atoms. The van der Waals surface area contributed by atoms with Crippen LogP contribution in [0, 0.1) is 15.9 Å². The summed E-state index contributed by atoms with van der Waals surface area (Å²) in [5.74, 6) is -1.55. The third-order valence-electron chi connectivity index (χ3n) is 2.54. The monoisotopic (exact) mass is 334 g/mol. The van der Waals surface area contributed by atoms with Gasteiger partial charge in [0.1, 0.15) is 5.82 Å². The number of nitrogens with zero attached hydrogens (tertiary/aromatic N) is 3. The molecule has 11 heteroatoms. The van der Waals surface area contributed by atoms with E-state index < -0.39 is 31.5 Å². The Morgan fingerprint density at radius 1 is 1.48 bits per heavy atom. The van der Waals surface area contributed by atoms with Gasteiger partial charge in [-0.15, -0.1) is 0 Å². The van der Waals surface area contributed by atoms with Gasteiger partial charge in [-0.25, -0.2) is 17.9 Å². The lowest BCUT2D eigenvalue weighted by Crippen LogP contribution is -2.13. The second-order valence-electron chi connectivity index (χ2n) is 4.05. The molecule has 0 unspecified atom stereocenters. The van der Waals surface area contributed by atoms with Crippen molar-refractivity contribution in [1.82, 2.24) is 9.78 Å². The molecule has 112 valence electrons. The van der Waals surface area contributed by atoms with Gasteiger partial charge in [0.15, 0.2) is 0 Å². The number of halogens is 2. The predicted molar refractivity (Wildman–Crippen MR) is 70.8 cm³/mol. The lowest BCUT2D eigenvalue weighted by molar-refractivity contribution is -0.392. The summed E-state index contributed by atoms with van der Waals surface area (Å²) in [6.45, 7) is -0.209. The number of hydrogen-bond acceptors (Lipinski definition) is 5. The molecular weight excluding hydrogens is 327 g/mol. The molecule has 1 aromatic heterocycles. The smallest absolute Gasteiger partial charge is 0.358 e. The van der Waals surface area contributed by atoms with Crippen LogP contribution >= 0.6 is 11.6 Å². The van der Waals surface area contributed by atoms with E-state index >= 15 is 0 Å². The van der Waals surface area contributed by atoms with Gasteiger partial charge in [0.05, 0.1) is 17.8 Å². The highest BCUT2D eigenvalue weighted by Crippen LogP contribution is 2.22. The van der Waals surface area contributed by atoms with Gasteiger partial charge >= 0.3 is 5.82 Å². The fraction of sp³-hybridized carbons (Fsp3) is 0.100. The molecule has 0 saturated heterocycles. The maximum Gasteiger partial charge on any atom is 0.410 e. The molecule has 8 nitrogen and oxygen atoms in total. The van der Waals surface area contributed by atoms with E-state index in [0.29, 0.717) is 0 Å². The number of hydrogen-bond donors (Lipinski definition) is 1. The maximum absolute atomic E-state index is 13.6. The van der Waals surface area contributed by atoms with Gasteiger partial charge in [-0.2, -0.15) is 4.68 Å². The third-order valence-corrected chi connectivity index (χ3v) is 3.67. The molecule has 1 aromatic carbocycles. The lowest BCUT2D eigenvalue weighted by atomic mass is 10.2. The zero-order valence-corrected chi connectivity index (χ0v) is 11.8.